The first-order valence-corrected chi connectivity index (χ1v) is 5.05. The van der Waals surface area contributed by atoms with Crippen LogP contribution in [0.1, 0.15) is 22.3 Å². The average molecular weight is 240 g/mol. The van der Waals surface area contributed by atoms with Crippen LogP contribution in [0.3, 0.4) is 0 Å². The number of fused-ring (bicyclic) bond motifs is 1. The third kappa shape index (κ3) is 1.48. The first-order valence-electron chi connectivity index (χ1n) is 4.25. The molecule has 13 heavy (non-hydrogen) atoms. The summed E-state index contributed by atoms with van der Waals surface area (Å²) >= 11 is 3.44. The number of rotatable bonds is 0. The third-order valence-electron chi connectivity index (χ3n) is 2.27. The molecule has 3 heteroatoms. The highest BCUT2D eigenvalue weighted by atomic mass is 79.9. The molecule has 68 valence electrons. The molecular weight excluding hydrogens is 230 g/mol. The Labute approximate surface area is 85.5 Å². The Morgan fingerprint density at radius 1 is 1.46 bits per heavy atom. The van der Waals surface area contributed by atoms with E-state index in [-0.39, 0.29) is 5.78 Å². The Morgan fingerprint density at radius 2 is 2.23 bits per heavy atom. The van der Waals surface area contributed by atoms with Gasteiger partial charge in [0.2, 0.25) is 0 Å². The number of carbonyl (C=O) groups excluding carboxylic acids is 1. The van der Waals surface area contributed by atoms with E-state index in [9.17, 15) is 4.79 Å². The Bertz CT molecular complexity index is 373. The maximum absolute atomic E-state index is 11.5. The van der Waals surface area contributed by atoms with Crippen molar-refractivity contribution in [2.75, 3.05) is 11.9 Å². The van der Waals surface area contributed by atoms with Gasteiger partial charge < -0.3 is 5.32 Å². The molecule has 0 amide bonds. The van der Waals surface area contributed by atoms with E-state index in [1.54, 1.807) is 0 Å². The Kier molecular flexibility index (Phi) is 2.12. The van der Waals surface area contributed by atoms with E-state index >= 15 is 0 Å². The highest BCUT2D eigenvalue weighted by molar-refractivity contribution is 9.10. The summed E-state index contributed by atoms with van der Waals surface area (Å²) in [4.78, 5) is 11.5. The summed E-state index contributed by atoms with van der Waals surface area (Å²) in [6.07, 6.45) is 0.605. The second kappa shape index (κ2) is 3.14. The van der Waals surface area contributed by atoms with Crippen LogP contribution in [-0.2, 0) is 0 Å². The first-order chi connectivity index (χ1) is 6.18. The number of hydrogen-bond acceptors (Lipinski definition) is 2. The standard InChI is InChI=1S/C10H10BrNO/c1-6-4-7-9(5-8(6)11)12-3-2-10(7)13/h4-5,12H,2-3H2,1H3. The maximum atomic E-state index is 11.5. The van der Waals surface area contributed by atoms with Crippen molar-refractivity contribution in [1.29, 1.82) is 0 Å². The predicted octanol–water partition coefficient (Wildman–Crippen LogP) is 2.76. The number of carbonyl (C=O) groups is 1. The zero-order valence-corrected chi connectivity index (χ0v) is 8.94. The van der Waals surface area contributed by atoms with E-state index < -0.39 is 0 Å². The molecule has 0 aliphatic carbocycles. The fraction of sp³-hybridized carbons (Fsp3) is 0.300. The van der Waals surface area contributed by atoms with Gasteiger partial charge in [-0.25, -0.2) is 0 Å². The van der Waals surface area contributed by atoms with Crippen LogP contribution in [0.15, 0.2) is 16.6 Å². The molecule has 1 N–H and O–H groups in total. The number of halogens is 1. The Morgan fingerprint density at radius 3 is 3.00 bits per heavy atom. The van der Waals surface area contributed by atoms with E-state index in [2.05, 4.69) is 21.2 Å². The molecule has 0 aromatic heterocycles. The van der Waals surface area contributed by atoms with Crippen molar-refractivity contribution in [2.45, 2.75) is 13.3 Å². The molecular formula is C10H10BrNO. The van der Waals surface area contributed by atoms with Gasteiger partial charge in [0.05, 0.1) is 0 Å². The summed E-state index contributed by atoms with van der Waals surface area (Å²) in [6, 6.07) is 3.91. The van der Waals surface area contributed by atoms with Crippen LogP contribution in [0.5, 0.6) is 0 Å². The van der Waals surface area contributed by atoms with Gasteiger partial charge in [0, 0.05) is 28.7 Å². The second-order valence-corrected chi connectivity index (χ2v) is 4.10. The molecule has 1 aromatic carbocycles. The van der Waals surface area contributed by atoms with Gasteiger partial charge in [0.25, 0.3) is 0 Å². The number of aryl methyl sites for hydroxylation is 1. The summed E-state index contributed by atoms with van der Waals surface area (Å²) in [5.74, 6) is 0.240. The average Bonchev–Trinajstić information content (AvgIpc) is 2.09. The van der Waals surface area contributed by atoms with Gasteiger partial charge in [-0.2, -0.15) is 0 Å². The van der Waals surface area contributed by atoms with E-state index in [1.165, 1.54) is 0 Å². The lowest BCUT2D eigenvalue weighted by atomic mass is 10.0. The number of Topliss-reactive ketones (excluding diaryl/α,β-unsaturated/α-hetero) is 1. The van der Waals surface area contributed by atoms with Crippen molar-refractivity contribution in [3.05, 3.63) is 27.7 Å². The van der Waals surface area contributed by atoms with Crippen LogP contribution >= 0.6 is 15.9 Å². The van der Waals surface area contributed by atoms with E-state index in [4.69, 9.17) is 0 Å². The van der Waals surface area contributed by atoms with Crippen molar-refractivity contribution in [1.82, 2.24) is 0 Å². The molecule has 0 fully saturated rings. The third-order valence-corrected chi connectivity index (χ3v) is 3.12. The van der Waals surface area contributed by atoms with Crippen molar-refractivity contribution >= 4 is 27.4 Å². The van der Waals surface area contributed by atoms with E-state index in [0.717, 1.165) is 27.8 Å². The molecule has 1 aromatic rings. The SMILES string of the molecule is Cc1cc2c(cc1Br)NCCC2=O. The summed E-state index contributed by atoms with van der Waals surface area (Å²) in [5.41, 5.74) is 2.89. The van der Waals surface area contributed by atoms with Crippen LogP contribution in [0, 0.1) is 6.92 Å². The zero-order chi connectivity index (χ0) is 9.42. The number of hydrogen-bond donors (Lipinski definition) is 1. The van der Waals surface area contributed by atoms with Gasteiger partial charge in [-0.05, 0) is 24.6 Å². The van der Waals surface area contributed by atoms with Gasteiger partial charge in [-0.3, -0.25) is 4.79 Å². The van der Waals surface area contributed by atoms with Crippen LogP contribution in [-0.4, -0.2) is 12.3 Å². The number of benzene rings is 1. The summed E-state index contributed by atoms with van der Waals surface area (Å²) < 4.78 is 1.05. The van der Waals surface area contributed by atoms with Gasteiger partial charge in [0.15, 0.2) is 5.78 Å². The molecule has 0 saturated heterocycles. The minimum Gasteiger partial charge on any atom is -0.384 e. The lowest BCUT2D eigenvalue weighted by Gasteiger charge is -2.17. The molecule has 2 nitrogen and oxygen atoms in total. The molecule has 2 rings (SSSR count). The summed E-state index contributed by atoms with van der Waals surface area (Å²) in [6.45, 7) is 2.74. The molecule has 1 heterocycles. The first kappa shape index (κ1) is 8.75. The topological polar surface area (TPSA) is 29.1 Å². The van der Waals surface area contributed by atoms with Gasteiger partial charge in [-0.15, -0.1) is 0 Å². The zero-order valence-electron chi connectivity index (χ0n) is 7.36. The number of anilines is 1. The molecule has 0 saturated carbocycles. The lowest BCUT2D eigenvalue weighted by molar-refractivity contribution is 0.0983. The predicted molar refractivity (Wildman–Crippen MR) is 56.3 cm³/mol. The monoisotopic (exact) mass is 239 g/mol. The summed E-state index contributed by atoms with van der Waals surface area (Å²) in [5, 5.41) is 3.21. The molecule has 1 aliphatic rings. The van der Waals surface area contributed by atoms with Crippen molar-refractivity contribution in [3.8, 4) is 0 Å². The minimum atomic E-state index is 0.240. The normalized spacial score (nSPS) is 15.1. The van der Waals surface area contributed by atoms with Crippen LogP contribution < -0.4 is 5.32 Å². The van der Waals surface area contributed by atoms with E-state index in [0.29, 0.717) is 6.42 Å². The lowest BCUT2D eigenvalue weighted by Crippen LogP contribution is -2.17. The van der Waals surface area contributed by atoms with E-state index in [1.807, 2.05) is 19.1 Å². The van der Waals surface area contributed by atoms with Crippen molar-refractivity contribution < 1.29 is 4.79 Å². The minimum absolute atomic E-state index is 0.240. The van der Waals surface area contributed by atoms with Crippen molar-refractivity contribution in [3.63, 3.8) is 0 Å². The molecule has 0 unspecified atom stereocenters. The molecule has 0 bridgehead atoms. The summed E-state index contributed by atoms with van der Waals surface area (Å²) in [7, 11) is 0. The van der Waals surface area contributed by atoms with Gasteiger partial charge in [0.1, 0.15) is 0 Å². The maximum Gasteiger partial charge on any atom is 0.166 e. The quantitative estimate of drug-likeness (QED) is 0.755. The molecule has 1 aliphatic heterocycles. The van der Waals surface area contributed by atoms with Gasteiger partial charge in [-0.1, -0.05) is 15.9 Å². The van der Waals surface area contributed by atoms with Crippen LogP contribution in [0.25, 0.3) is 0 Å². The highest BCUT2D eigenvalue weighted by Crippen LogP contribution is 2.28. The van der Waals surface area contributed by atoms with Crippen LogP contribution in [0.4, 0.5) is 5.69 Å². The van der Waals surface area contributed by atoms with Crippen LogP contribution in [0.2, 0.25) is 0 Å². The second-order valence-electron chi connectivity index (χ2n) is 3.25. The molecule has 0 spiro atoms. The van der Waals surface area contributed by atoms with Gasteiger partial charge >= 0.3 is 0 Å². The fourth-order valence-electron chi connectivity index (χ4n) is 1.50. The largest absolute Gasteiger partial charge is 0.384 e. The number of ketones is 1. The number of nitrogens with one attached hydrogen (secondary N) is 1. The Balaban J connectivity index is 2.58. The Hall–Kier alpha value is -0.830. The van der Waals surface area contributed by atoms with Crippen molar-refractivity contribution in [2.24, 2.45) is 0 Å². The fourth-order valence-corrected chi connectivity index (χ4v) is 1.85. The highest BCUT2D eigenvalue weighted by Gasteiger charge is 2.17. The smallest absolute Gasteiger partial charge is 0.166 e. The molecule has 0 radical (unpaired) electrons. The molecule has 0 atom stereocenters.